The van der Waals surface area contributed by atoms with Crippen LogP contribution in [0.15, 0.2) is 48.7 Å². The zero-order valence-corrected chi connectivity index (χ0v) is 13.7. The van der Waals surface area contributed by atoms with Crippen LogP contribution in [0, 0.1) is 28.3 Å². The summed E-state index contributed by atoms with van der Waals surface area (Å²) in [6, 6.07) is 8.79. The number of aromatic nitrogens is 3. The normalized spacial score (nSPS) is 11.0. The monoisotopic (exact) mass is 351 g/mol. The van der Waals surface area contributed by atoms with Crippen LogP contribution in [0.2, 0.25) is 0 Å². The van der Waals surface area contributed by atoms with Crippen LogP contribution in [0.4, 0.5) is 10.2 Å². The number of nitro groups is 1. The minimum absolute atomic E-state index is 0.188. The van der Waals surface area contributed by atoms with Crippen LogP contribution >= 0.6 is 0 Å². The third kappa shape index (κ3) is 3.54. The number of allylic oxidation sites excluding steroid dienone is 1. The quantitative estimate of drug-likeness (QED) is 0.412. The van der Waals surface area contributed by atoms with Gasteiger partial charge in [-0.15, -0.1) is 0 Å². The van der Waals surface area contributed by atoms with E-state index in [4.69, 9.17) is 5.41 Å². The molecule has 3 rings (SSSR count). The predicted octanol–water partition coefficient (Wildman–Crippen LogP) is 3.91. The Morgan fingerprint density at radius 1 is 1.31 bits per heavy atom. The molecule has 7 nitrogen and oxygen atoms in total. The van der Waals surface area contributed by atoms with Gasteiger partial charge in [0.2, 0.25) is 0 Å². The first-order chi connectivity index (χ1) is 12.5. The Balaban J connectivity index is 1.88. The summed E-state index contributed by atoms with van der Waals surface area (Å²) in [7, 11) is 0. The maximum Gasteiger partial charge on any atom is 0.372 e. The molecule has 0 aliphatic heterocycles. The van der Waals surface area contributed by atoms with E-state index in [0.29, 0.717) is 28.3 Å². The second-order valence-corrected chi connectivity index (χ2v) is 5.48. The molecule has 0 saturated heterocycles. The number of hydrogen-bond acceptors (Lipinski definition) is 5. The smallest absolute Gasteiger partial charge is 0.358 e. The van der Waals surface area contributed by atoms with Crippen molar-refractivity contribution in [3.05, 3.63) is 81.7 Å². The van der Waals surface area contributed by atoms with Gasteiger partial charge in [0.1, 0.15) is 23.5 Å². The number of nitrogens with one attached hydrogen (secondary N) is 2. The molecule has 0 bridgehead atoms. The van der Waals surface area contributed by atoms with E-state index in [1.165, 1.54) is 36.5 Å². The second-order valence-electron chi connectivity index (χ2n) is 5.48. The molecule has 130 valence electrons. The summed E-state index contributed by atoms with van der Waals surface area (Å²) < 4.78 is 12.9. The van der Waals surface area contributed by atoms with E-state index in [2.05, 4.69) is 15.0 Å². The van der Waals surface area contributed by atoms with Gasteiger partial charge in [-0.2, -0.15) is 0 Å². The van der Waals surface area contributed by atoms with Crippen molar-refractivity contribution in [2.45, 2.75) is 6.92 Å². The van der Waals surface area contributed by atoms with Gasteiger partial charge in [-0.1, -0.05) is 0 Å². The standard InChI is InChI=1S/C18H14FN5O2/c1-11-17(14-3-2-10-21-18(14)24(25)26)23-16(22-11)9-8-15(20)12-4-6-13(19)7-5-12/h2-10,20H,1H3,(H,22,23)/b9-8-,20-15?. The van der Waals surface area contributed by atoms with Crippen molar-refractivity contribution in [3.8, 4) is 11.3 Å². The molecule has 0 aliphatic carbocycles. The van der Waals surface area contributed by atoms with Gasteiger partial charge >= 0.3 is 5.82 Å². The van der Waals surface area contributed by atoms with Crippen molar-refractivity contribution >= 4 is 17.6 Å². The van der Waals surface area contributed by atoms with Crippen LogP contribution in [0.5, 0.6) is 0 Å². The van der Waals surface area contributed by atoms with Crippen molar-refractivity contribution in [1.29, 1.82) is 5.41 Å². The fourth-order valence-electron chi connectivity index (χ4n) is 2.44. The molecule has 0 aliphatic rings. The van der Waals surface area contributed by atoms with Gasteiger partial charge in [0.05, 0.1) is 11.3 Å². The van der Waals surface area contributed by atoms with E-state index in [9.17, 15) is 14.5 Å². The number of aryl methyl sites for hydroxylation is 1. The number of imidazole rings is 1. The van der Waals surface area contributed by atoms with Crippen LogP contribution in [0.3, 0.4) is 0 Å². The van der Waals surface area contributed by atoms with Crippen molar-refractivity contribution in [1.82, 2.24) is 15.0 Å². The molecule has 0 unspecified atom stereocenters. The first-order valence-corrected chi connectivity index (χ1v) is 7.64. The summed E-state index contributed by atoms with van der Waals surface area (Å²) >= 11 is 0. The Hall–Kier alpha value is -3.68. The van der Waals surface area contributed by atoms with Gasteiger partial charge in [0.25, 0.3) is 0 Å². The van der Waals surface area contributed by atoms with Crippen LogP contribution in [-0.2, 0) is 0 Å². The SMILES string of the molecule is Cc1[nH]c(/C=C\C(=N)c2ccc(F)cc2)nc1-c1cccnc1[N+](=O)[O-]. The highest BCUT2D eigenvalue weighted by molar-refractivity contribution is 6.08. The number of hydrogen-bond donors (Lipinski definition) is 2. The average molecular weight is 351 g/mol. The summed E-state index contributed by atoms with van der Waals surface area (Å²) in [5, 5.41) is 19.2. The molecule has 1 aromatic carbocycles. The van der Waals surface area contributed by atoms with Gasteiger partial charge < -0.3 is 20.5 Å². The van der Waals surface area contributed by atoms with E-state index in [1.807, 2.05) is 0 Å². The summed E-state index contributed by atoms with van der Waals surface area (Å²) in [4.78, 5) is 21.8. The van der Waals surface area contributed by atoms with Gasteiger partial charge in [-0.3, -0.25) is 0 Å². The van der Waals surface area contributed by atoms with Crippen molar-refractivity contribution in [3.63, 3.8) is 0 Å². The van der Waals surface area contributed by atoms with E-state index in [1.54, 1.807) is 25.1 Å². The van der Waals surface area contributed by atoms with E-state index in [0.717, 1.165) is 0 Å². The largest absolute Gasteiger partial charge is 0.372 e. The Morgan fingerprint density at radius 3 is 2.73 bits per heavy atom. The number of benzene rings is 1. The van der Waals surface area contributed by atoms with E-state index < -0.39 is 4.92 Å². The maximum absolute atomic E-state index is 12.9. The molecule has 2 N–H and O–H groups in total. The lowest BCUT2D eigenvalue weighted by Crippen LogP contribution is -1.96. The highest BCUT2D eigenvalue weighted by Gasteiger charge is 2.20. The Labute approximate surface area is 147 Å². The topological polar surface area (TPSA) is 109 Å². The Bertz CT molecular complexity index is 1010. The summed E-state index contributed by atoms with van der Waals surface area (Å²) in [6.07, 6.45) is 4.46. The highest BCUT2D eigenvalue weighted by atomic mass is 19.1. The second kappa shape index (κ2) is 7.06. The molecule has 8 heteroatoms. The molecule has 26 heavy (non-hydrogen) atoms. The Morgan fingerprint density at radius 2 is 2.04 bits per heavy atom. The molecule has 0 radical (unpaired) electrons. The molecule has 0 fully saturated rings. The van der Waals surface area contributed by atoms with Crippen LogP contribution in [0.25, 0.3) is 17.3 Å². The van der Waals surface area contributed by atoms with E-state index >= 15 is 0 Å². The number of H-pyrrole nitrogens is 1. The first-order valence-electron chi connectivity index (χ1n) is 7.64. The highest BCUT2D eigenvalue weighted by Crippen LogP contribution is 2.28. The van der Waals surface area contributed by atoms with Gasteiger partial charge in [-0.25, -0.2) is 9.37 Å². The average Bonchev–Trinajstić information content (AvgIpc) is 3.01. The molecule has 0 amide bonds. The lowest BCUT2D eigenvalue weighted by molar-refractivity contribution is -0.388. The van der Waals surface area contributed by atoms with Gasteiger partial charge in [0, 0.05) is 5.69 Å². The predicted molar refractivity (Wildman–Crippen MR) is 95.5 cm³/mol. The molecular weight excluding hydrogens is 337 g/mol. The molecule has 0 atom stereocenters. The van der Waals surface area contributed by atoms with Crippen molar-refractivity contribution in [2.24, 2.45) is 0 Å². The minimum Gasteiger partial charge on any atom is -0.358 e. The summed E-state index contributed by atoms with van der Waals surface area (Å²) in [5.74, 6) is -0.186. The number of pyridine rings is 1. The lowest BCUT2D eigenvalue weighted by atomic mass is 10.1. The maximum atomic E-state index is 12.9. The molecule has 3 aromatic rings. The molecule has 2 heterocycles. The summed E-state index contributed by atoms with van der Waals surface area (Å²) in [6.45, 7) is 1.75. The molecule has 0 saturated carbocycles. The third-order valence-electron chi connectivity index (χ3n) is 3.68. The zero-order valence-electron chi connectivity index (χ0n) is 13.7. The fraction of sp³-hybridized carbons (Fsp3) is 0.0556. The fourth-order valence-corrected chi connectivity index (χ4v) is 2.44. The molecule has 2 aromatic heterocycles. The van der Waals surface area contributed by atoms with Crippen LogP contribution < -0.4 is 0 Å². The van der Waals surface area contributed by atoms with E-state index in [-0.39, 0.29) is 17.3 Å². The van der Waals surface area contributed by atoms with Crippen LogP contribution in [-0.4, -0.2) is 25.6 Å². The van der Waals surface area contributed by atoms with Gasteiger partial charge in [-0.05, 0) is 70.9 Å². The first kappa shape index (κ1) is 17.2. The van der Waals surface area contributed by atoms with Crippen molar-refractivity contribution in [2.75, 3.05) is 0 Å². The lowest BCUT2D eigenvalue weighted by Gasteiger charge is -1.99. The number of nitrogens with zero attached hydrogens (tertiary/aromatic N) is 3. The van der Waals surface area contributed by atoms with Crippen LogP contribution in [0.1, 0.15) is 17.1 Å². The number of halogens is 1. The molecular formula is C18H14FN5O2. The van der Waals surface area contributed by atoms with Gasteiger partial charge in [0.15, 0.2) is 0 Å². The van der Waals surface area contributed by atoms with Crippen molar-refractivity contribution < 1.29 is 9.31 Å². The molecule has 0 spiro atoms. The third-order valence-corrected chi connectivity index (χ3v) is 3.68. The summed E-state index contributed by atoms with van der Waals surface area (Å²) in [5.41, 5.74) is 2.15. The number of rotatable bonds is 5. The minimum atomic E-state index is -0.552. The Kier molecular flexibility index (Phi) is 4.66. The number of aromatic amines is 1. The zero-order chi connectivity index (χ0) is 18.7.